The number of thioether (sulfide) groups is 1. The van der Waals surface area contributed by atoms with Crippen molar-refractivity contribution in [2.24, 2.45) is 0 Å². The zero-order valence-electron chi connectivity index (χ0n) is 7.62. The summed E-state index contributed by atoms with van der Waals surface area (Å²) in [5.41, 5.74) is 0. The van der Waals surface area contributed by atoms with Gasteiger partial charge in [-0.25, -0.2) is 0 Å². The Balaban J connectivity index is 2.24. The van der Waals surface area contributed by atoms with E-state index in [-0.39, 0.29) is 11.2 Å². The number of carbonyl (C=O) groups excluding carboxylic acids is 1. The molecule has 0 saturated carbocycles. The van der Waals surface area contributed by atoms with E-state index in [1.807, 2.05) is 13.8 Å². The van der Waals surface area contributed by atoms with Crippen molar-refractivity contribution in [3.63, 3.8) is 0 Å². The number of carbonyl (C=O) groups is 1. The summed E-state index contributed by atoms with van der Waals surface area (Å²) in [6.45, 7) is 5.91. The van der Waals surface area contributed by atoms with Gasteiger partial charge in [0.15, 0.2) is 10.9 Å². The number of hydrogen-bond acceptors (Lipinski definition) is 4. The topological polar surface area (TPSA) is 35.5 Å². The lowest BCUT2D eigenvalue weighted by Crippen LogP contribution is -2.22. The van der Waals surface area contributed by atoms with Crippen LogP contribution in [0.5, 0.6) is 0 Å². The van der Waals surface area contributed by atoms with Crippen LogP contribution in [0, 0.1) is 0 Å². The monoisotopic (exact) mass is 190 g/mol. The molecule has 1 aliphatic rings. The summed E-state index contributed by atoms with van der Waals surface area (Å²) in [6.07, 6.45) is 0.0638. The predicted molar refractivity (Wildman–Crippen MR) is 48.0 cm³/mol. The molecule has 0 spiro atoms. The Labute approximate surface area is 76.8 Å². The summed E-state index contributed by atoms with van der Waals surface area (Å²) < 4.78 is 10.8. The third kappa shape index (κ3) is 3.13. The van der Waals surface area contributed by atoms with Crippen LogP contribution in [0.4, 0.5) is 0 Å². The molecule has 12 heavy (non-hydrogen) atoms. The van der Waals surface area contributed by atoms with Crippen LogP contribution < -0.4 is 0 Å². The van der Waals surface area contributed by atoms with Gasteiger partial charge in [0.1, 0.15) is 0 Å². The first kappa shape index (κ1) is 10.0. The van der Waals surface area contributed by atoms with Crippen LogP contribution in [0.3, 0.4) is 0 Å². The zero-order valence-corrected chi connectivity index (χ0v) is 8.44. The highest BCUT2D eigenvalue weighted by Gasteiger charge is 2.32. The van der Waals surface area contributed by atoms with E-state index in [1.54, 1.807) is 6.92 Å². The molecule has 1 aliphatic heterocycles. The summed E-state index contributed by atoms with van der Waals surface area (Å²) in [4.78, 5) is 10.6. The van der Waals surface area contributed by atoms with Crippen molar-refractivity contribution in [2.75, 3.05) is 12.4 Å². The van der Waals surface area contributed by atoms with Gasteiger partial charge in [-0.1, -0.05) is 11.8 Å². The Morgan fingerprint density at radius 2 is 2.33 bits per heavy atom. The van der Waals surface area contributed by atoms with Crippen molar-refractivity contribution in [3.8, 4) is 0 Å². The largest absolute Gasteiger partial charge is 0.348 e. The Hall–Kier alpha value is -0.0600. The van der Waals surface area contributed by atoms with Crippen LogP contribution in [-0.2, 0) is 14.3 Å². The number of rotatable bonds is 2. The molecule has 0 amide bonds. The maximum atomic E-state index is 10.6. The normalized spacial score (nSPS) is 27.4. The lowest BCUT2D eigenvalue weighted by atomic mass is 10.4. The van der Waals surface area contributed by atoms with E-state index < -0.39 is 5.79 Å². The summed E-state index contributed by atoms with van der Waals surface area (Å²) >= 11 is 1.29. The van der Waals surface area contributed by atoms with E-state index in [2.05, 4.69) is 0 Å². The molecule has 0 aromatic heterocycles. The van der Waals surface area contributed by atoms with Gasteiger partial charge in [0.2, 0.25) is 0 Å². The molecule has 0 aliphatic carbocycles. The molecule has 0 unspecified atom stereocenters. The molecule has 1 heterocycles. The van der Waals surface area contributed by atoms with E-state index in [4.69, 9.17) is 9.47 Å². The van der Waals surface area contributed by atoms with Crippen molar-refractivity contribution < 1.29 is 14.3 Å². The van der Waals surface area contributed by atoms with Gasteiger partial charge in [-0.2, -0.15) is 0 Å². The van der Waals surface area contributed by atoms with Gasteiger partial charge in [-0.3, -0.25) is 4.79 Å². The average Bonchev–Trinajstić information content (AvgIpc) is 2.26. The molecule has 1 fully saturated rings. The molecule has 1 saturated heterocycles. The summed E-state index contributed by atoms with van der Waals surface area (Å²) in [6, 6.07) is 0. The van der Waals surface area contributed by atoms with Gasteiger partial charge < -0.3 is 9.47 Å². The van der Waals surface area contributed by atoms with Crippen LogP contribution >= 0.6 is 11.8 Å². The van der Waals surface area contributed by atoms with Gasteiger partial charge in [0, 0.05) is 12.7 Å². The fourth-order valence-electron chi connectivity index (χ4n) is 1.06. The second kappa shape index (κ2) is 3.77. The molecule has 1 atom stereocenters. The summed E-state index contributed by atoms with van der Waals surface area (Å²) in [5.74, 6) is 0.223. The Kier molecular flexibility index (Phi) is 3.15. The fourth-order valence-corrected chi connectivity index (χ4v) is 1.64. The molecule has 70 valence electrons. The van der Waals surface area contributed by atoms with Gasteiger partial charge in [-0.05, 0) is 13.8 Å². The first-order valence-corrected chi connectivity index (χ1v) is 4.93. The van der Waals surface area contributed by atoms with Gasteiger partial charge in [0.25, 0.3) is 0 Å². The van der Waals surface area contributed by atoms with Crippen molar-refractivity contribution in [1.82, 2.24) is 0 Å². The highest BCUT2D eigenvalue weighted by Crippen LogP contribution is 2.24. The average molecular weight is 190 g/mol. The van der Waals surface area contributed by atoms with Gasteiger partial charge >= 0.3 is 0 Å². The molecule has 1 rings (SSSR count). The Morgan fingerprint density at radius 3 is 2.75 bits per heavy atom. The van der Waals surface area contributed by atoms with Gasteiger partial charge in [-0.15, -0.1) is 0 Å². The maximum Gasteiger partial charge on any atom is 0.185 e. The lowest BCUT2D eigenvalue weighted by Gasteiger charge is -2.16. The fraction of sp³-hybridized carbons (Fsp3) is 0.875. The minimum Gasteiger partial charge on any atom is -0.348 e. The standard InChI is InChI=1S/C8H14O3S/c1-6(9)12-5-7-4-10-8(2,3)11-7/h7H,4-5H2,1-3H3/t7-/m1/s1. The van der Waals surface area contributed by atoms with Crippen LogP contribution in [0.25, 0.3) is 0 Å². The molecule has 0 radical (unpaired) electrons. The minimum atomic E-state index is -0.470. The van der Waals surface area contributed by atoms with E-state index in [9.17, 15) is 4.79 Å². The second-order valence-electron chi connectivity index (χ2n) is 3.25. The van der Waals surface area contributed by atoms with E-state index in [0.717, 1.165) is 0 Å². The van der Waals surface area contributed by atoms with E-state index in [1.165, 1.54) is 11.8 Å². The molecule has 3 nitrogen and oxygen atoms in total. The SMILES string of the molecule is CC(=O)SC[C@H]1COC(C)(C)O1. The van der Waals surface area contributed by atoms with Crippen LogP contribution in [0.2, 0.25) is 0 Å². The quantitative estimate of drug-likeness (QED) is 0.659. The van der Waals surface area contributed by atoms with Crippen LogP contribution in [0.1, 0.15) is 20.8 Å². The van der Waals surface area contributed by atoms with Crippen molar-refractivity contribution in [3.05, 3.63) is 0 Å². The molecule has 0 aromatic carbocycles. The molecular formula is C8H14O3S. The van der Waals surface area contributed by atoms with Crippen LogP contribution in [-0.4, -0.2) is 29.4 Å². The van der Waals surface area contributed by atoms with Crippen molar-refractivity contribution in [2.45, 2.75) is 32.7 Å². The Morgan fingerprint density at radius 1 is 1.67 bits per heavy atom. The zero-order chi connectivity index (χ0) is 9.19. The van der Waals surface area contributed by atoms with Crippen LogP contribution in [0.15, 0.2) is 0 Å². The third-order valence-corrected chi connectivity index (χ3v) is 2.48. The molecule has 0 bridgehead atoms. The first-order valence-electron chi connectivity index (χ1n) is 3.95. The Bertz CT molecular complexity index is 179. The smallest absolute Gasteiger partial charge is 0.185 e. The first-order chi connectivity index (χ1) is 5.49. The molecular weight excluding hydrogens is 176 g/mol. The van der Waals surface area contributed by atoms with E-state index in [0.29, 0.717) is 12.4 Å². The van der Waals surface area contributed by atoms with Gasteiger partial charge in [0.05, 0.1) is 12.7 Å². The highest BCUT2D eigenvalue weighted by atomic mass is 32.2. The predicted octanol–water partition coefficient (Wildman–Crippen LogP) is 1.42. The second-order valence-corrected chi connectivity index (χ2v) is 4.45. The maximum absolute atomic E-state index is 10.6. The number of hydrogen-bond donors (Lipinski definition) is 0. The third-order valence-electron chi connectivity index (χ3n) is 1.54. The lowest BCUT2D eigenvalue weighted by molar-refractivity contribution is -0.135. The minimum absolute atomic E-state index is 0.0638. The molecule has 0 aromatic rings. The highest BCUT2D eigenvalue weighted by molar-refractivity contribution is 8.13. The van der Waals surface area contributed by atoms with Crippen molar-refractivity contribution in [1.29, 1.82) is 0 Å². The van der Waals surface area contributed by atoms with Crippen molar-refractivity contribution >= 4 is 16.9 Å². The summed E-state index contributed by atoms with van der Waals surface area (Å²) in [7, 11) is 0. The molecule has 4 heteroatoms. The van der Waals surface area contributed by atoms with E-state index >= 15 is 0 Å². The number of ether oxygens (including phenoxy) is 2. The summed E-state index contributed by atoms with van der Waals surface area (Å²) in [5, 5.41) is 0.128. The molecule has 0 N–H and O–H groups in total.